The van der Waals surface area contributed by atoms with Crippen molar-refractivity contribution in [3.05, 3.63) is 0 Å². The Kier molecular flexibility index (Phi) is 2.31. The van der Waals surface area contributed by atoms with Crippen molar-refractivity contribution in [2.45, 2.75) is 26.3 Å². The number of nitrogens with one attached hydrogen (secondary N) is 1. The van der Waals surface area contributed by atoms with E-state index >= 15 is 0 Å². The van der Waals surface area contributed by atoms with E-state index < -0.39 is 0 Å². The molecule has 2 saturated heterocycles. The van der Waals surface area contributed by atoms with Gasteiger partial charge in [-0.05, 0) is 26.8 Å². The molecule has 0 aliphatic carbocycles. The van der Waals surface area contributed by atoms with Gasteiger partial charge in [-0.2, -0.15) is 0 Å². The van der Waals surface area contributed by atoms with E-state index in [1.54, 1.807) is 0 Å². The van der Waals surface area contributed by atoms with E-state index in [0.717, 1.165) is 19.5 Å². The van der Waals surface area contributed by atoms with Gasteiger partial charge in [0.1, 0.15) is 0 Å². The molecule has 0 unspecified atom stereocenters. The van der Waals surface area contributed by atoms with Crippen molar-refractivity contribution in [2.24, 2.45) is 11.8 Å². The SMILES string of the molecule is CC(C)N1CC[C@H]2C(=O)NC(=O)[C@H]2C1. The van der Waals surface area contributed by atoms with Crippen LogP contribution < -0.4 is 5.32 Å². The third-order valence-electron chi connectivity index (χ3n) is 3.29. The normalized spacial score (nSPS) is 33.4. The lowest BCUT2D eigenvalue weighted by atomic mass is 9.87. The number of rotatable bonds is 1. The molecule has 0 aromatic carbocycles. The fourth-order valence-corrected chi connectivity index (χ4v) is 2.33. The van der Waals surface area contributed by atoms with Gasteiger partial charge < -0.3 is 4.90 Å². The molecule has 0 bridgehead atoms. The van der Waals surface area contributed by atoms with Crippen molar-refractivity contribution in [2.75, 3.05) is 13.1 Å². The molecule has 2 atom stereocenters. The molecule has 2 fully saturated rings. The Hall–Kier alpha value is -0.900. The Labute approximate surface area is 83.6 Å². The van der Waals surface area contributed by atoms with Gasteiger partial charge in [-0.1, -0.05) is 0 Å². The lowest BCUT2D eigenvalue weighted by molar-refractivity contribution is -0.126. The number of hydrogen-bond donors (Lipinski definition) is 1. The van der Waals surface area contributed by atoms with Crippen LogP contribution in [0.25, 0.3) is 0 Å². The number of piperidine rings is 1. The fraction of sp³-hybridized carbons (Fsp3) is 0.800. The molecule has 0 aromatic heterocycles. The first-order chi connectivity index (χ1) is 6.59. The van der Waals surface area contributed by atoms with Gasteiger partial charge in [-0.3, -0.25) is 14.9 Å². The van der Waals surface area contributed by atoms with Crippen molar-refractivity contribution in [3.63, 3.8) is 0 Å². The second kappa shape index (κ2) is 3.35. The van der Waals surface area contributed by atoms with E-state index in [4.69, 9.17) is 0 Å². The smallest absolute Gasteiger partial charge is 0.231 e. The molecule has 2 heterocycles. The molecule has 2 amide bonds. The highest BCUT2D eigenvalue weighted by Crippen LogP contribution is 2.29. The minimum absolute atomic E-state index is 0.0579. The first-order valence-corrected chi connectivity index (χ1v) is 5.18. The average Bonchev–Trinajstić information content (AvgIpc) is 2.42. The highest BCUT2D eigenvalue weighted by Gasteiger charge is 2.44. The number of fused-ring (bicyclic) bond motifs is 1. The molecule has 0 aromatic rings. The maximum Gasteiger partial charge on any atom is 0.231 e. The zero-order valence-electron chi connectivity index (χ0n) is 8.62. The van der Waals surface area contributed by atoms with Gasteiger partial charge in [0.15, 0.2) is 0 Å². The summed E-state index contributed by atoms with van der Waals surface area (Å²) in [7, 11) is 0. The monoisotopic (exact) mass is 196 g/mol. The van der Waals surface area contributed by atoms with Crippen molar-refractivity contribution in [1.29, 1.82) is 0 Å². The summed E-state index contributed by atoms with van der Waals surface area (Å²) in [5, 5.41) is 2.41. The number of carbonyl (C=O) groups is 2. The topological polar surface area (TPSA) is 49.4 Å². The molecule has 2 aliphatic rings. The Morgan fingerprint density at radius 3 is 2.57 bits per heavy atom. The summed E-state index contributed by atoms with van der Waals surface area (Å²) in [5.41, 5.74) is 0. The predicted octanol–water partition coefficient (Wildman–Crippen LogP) is -0.0107. The van der Waals surface area contributed by atoms with Gasteiger partial charge in [0, 0.05) is 12.6 Å². The van der Waals surface area contributed by atoms with Crippen molar-refractivity contribution in [3.8, 4) is 0 Å². The molecular formula is C10H16N2O2. The summed E-state index contributed by atoms with van der Waals surface area (Å²) in [6, 6.07) is 0.458. The van der Waals surface area contributed by atoms with Crippen molar-refractivity contribution < 1.29 is 9.59 Å². The predicted molar refractivity (Wildman–Crippen MR) is 51.5 cm³/mol. The van der Waals surface area contributed by atoms with Crippen LogP contribution in [0.1, 0.15) is 20.3 Å². The van der Waals surface area contributed by atoms with Gasteiger partial charge >= 0.3 is 0 Å². The zero-order chi connectivity index (χ0) is 10.3. The van der Waals surface area contributed by atoms with E-state index in [1.165, 1.54) is 0 Å². The lowest BCUT2D eigenvalue weighted by Gasteiger charge is -2.35. The van der Waals surface area contributed by atoms with Crippen LogP contribution in [-0.2, 0) is 9.59 Å². The van der Waals surface area contributed by atoms with Crippen molar-refractivity contribution >= 4 is 11.8 Å². The van der Waals surface area contributed by atoms with E-state index in [0.29, 0.717) is 6.04 Å². The Morgan fingerprint density at radius 2 is 1.93 bits per heavy atom. The van der Waals surface area contributed by atoms with E-state index in [1.807, 2.05) is 0 Å². The molecule has 0 radical (unpaired) electrons. The molecule has 4 nitrogen and oxygen atoms in total. The molecule has 14 heavy (non-hydrogen) atoms. The first kappa shape index (κ1) is 9.65. The molecule has 4 heteroatoms. The van der Waals surface area contributed by atoms with Gasteiger partial charge in [-0.25, -0.2) is 0 Å². The largest absolute Gasteiger partial charge is 0.300 e. The van der Waals surface area contributed by atoms with Gasteiger partial charge in [0.05, 0.1) is 11.8 Å². The Balaban J connectivity index is 2.09. The second-order valence-electron chi connectivity index (χ2n) is 4.44. The Morgan fingerprint density at radius 1 is 1.29 bits per heavy atom. The van der Waals surface area contributed by atoms with Crippen LogP contribution in [0, 0.1) is 11.8 Å². The number of nitrogens with zero attached hydrogens (tertiary/aromatic N) is 1. The Bertz CT molecular complexity index is 275. The van der Waals surface area contributed by atoms with Gasteiger partial charge in [-0.15, -0.1) is 0 Å². The third kappa shape index (κ3) is 1.43. The van der Waals surface area contributed by atoms with Crippen LogP contribution in [0.5, 0.6) is 0 Å². The summed E-state index contributed by atoms with van der Waals surface area (Å²) < 4.78 is 0. The molecule has 0 saturated carbocycles. The van der Waals surface area contributed by atoms with Crippen LogP contribution in [0.15, 0.2) is 0 Å². The third-order valence-corrected chi connectivity index (χ3v) is 3.29. The number of imide groups is 1. The van der Waals surface area contributed by atoms with Crippen LogP contribution >= 0.6 is 0 Å². The standard InChI is InChI=1S/C10H16N2O2/c1-6(2)12-4-3-7-8(5-12)10(14)11-9(7)13/h6-8H,3-5H2,1-2H3,(H,11,13,14)/t7-,8+/m1/s1. The quantitative estimate of drug-likeness (QED) is 0.600. The van der Waals surface area contributed by atoms with E-state index in [-0.39, 0.29) is 23.7 Å². The van der Waals surface area contributed by atoms with E-state index in [9.17, 15) is 9.59 Å². The summed E-state index contributed by atoms with van der Waals surface area (Å²) in [6.07, 6.45) is 0.820. The number of carbonyl (C=O) groups excluding carboxylic acids is 2. The summed E-state index contributed by atoms with van der Waals surface area (Å²) in [6.45, 7) is 5.91. The van der Waals surface area contributed by atoms with Crippen LogP contribution in [0.2, 0.25) is 0 Å². The average molecular weight is 196 g/mol. The highest BCUT2D eigenvalue weighted by molar-refractivity contribution is 6.05. The summed E-state index contributed by atoms with van der Waals surface area (Å²) in [4.78, 5) is 25.0. The minimum atomic E-state index is -0.0985. The van der Waals surface area contributed by atoms with Gasteiger partial charge in [0.25, 0.3) is 0 Å². The van der Waals surface area contributed by atoms with Crippen LogP contribution in [-0.4, -0.2) is 35.8 Å². The molecule has 78 valence electrons. The van der Waals surface area contributed by atoms with E-state index in [2.05, 4.69) is 24.1 Å². The number of hydrogen-bond acceptors (Lipinski definition) is 3. The number of amides is 2. The van der Waals surface area contributed by atoms with Crippen molar-refractivity contribution in [1.82, 2.24) is 10.2 Å². The first-order valence-electron chi connectivity index (χ1n) is 5.18. The zero-order valence-corrected chi connectivity index (χ0v) is 8.62. The maximum absolute atomic E-state index is 11.4. The molecular weight excluding hydrogens is 180 g/mol. The molecule has 2 aliphatic heterocycles. The van der Waals surface area contributed by atoms with Gasteiger partial charge in [0.2, 0.25) is 11.8 Å². The van der Waals surface area contributed by atoms with Crippen LogP contribution in [0.4, 0.5) is 0 Å². The minimum Gasteiger partial charge on any atom is -0.300 e. The summed E-state index contributed by atoms with van der Waals surface area (Å²) >= 11 is 0. The fourth-order valence-electron chi connectivity index (χ4n) is 2.33. The van der Waals surface area contributed by atoms with Crippen LogP contribution in [0.3, 0.4) is 0 Å². The maximum atomic E-state index is 11.4. The summed E-state index contributed by atoms with van der Waals surface area (Å²) in [5.74, 6) is -0.301. The molecule has 0 spiro atoms. The highest BCUT2D eigenvalue weighted by atomic mass is 16.2. The molecule has 1 N–H and O–H groups in total. The molecule has 2 rings (SSSR count). The number of likely N-dealkylation sites (tertiary alicyclic amines) is 1. The lowest BCUT2D eigenvalue weighted by Crippen LogP contribution is -2.44. The second-order valence-corrected chi connectivity index (χ2v) is 4.44.